The Morgan fingerprint density at radius 3 is 2.64 bits per heavy atom. The molecular weight excluding hydrogens is 339 g/mol. The molecule has 0 saturated carbocycles. The second-order valence-corrected chi connectivity index (χ2v) is 6.53. The lowest BCUT2D eigenvalue weighted by Crippen LogP contribution is -2.26. The van der Waals surface area contributed by atoms with Crippen LogP contribution in [0, 0.1) is 12.7 Å². The monoisotopic (exact) mass is 356 g/mol. The molecule has 3 rings (SSSR count). The second kappa shape index (κ2) is 7.40. The maximum atomic E-state index is 12.9. The quantitative estimate of drug-likeness (QED) is 0.718. The van der Waals surface area contributed by atoms with Crippen LogP contribution < -0.4 is 10.6 Å². The van der Waals surface area contributed by atoms with Gasteiger partial charge in [-0.3, -0.25) is 4.79 Å². The van der Waals surface area contributed by atoms with Gasteiger partial charge < -0.3 is 10.6 Å². The molecule has 0 unspecified atom stereocenters. The second-order valence-electron chi connectivity index (χ2n) is 5.53. The average molecular weight is 356 g/mol. The van der Waals surface area contributed by atoms with Crippen molar-refractivity contribution in [3.8, 4) is 0 Å². The Morgan fingerprint density at radius 2 is 1.96 bits per heavy atom. The molecule has 0 fully saturated rings. The minimum Gasteiger partial charge on any atom is -0.345 e. The number of rotatable bonds is 5. The van der Waals surface area contributed by atoms with Crippen molar-refractivity contribution in [1.82, 2.24) is 15.3 Å². The van der Waals surface area contributed by atoms with Gasteiger partial charge in [0, 0.05) is 0 Å². The van der Waals surface area contributed by atoms with Crippen LogP contribution in [0.1, 0.15) is 33.9 Å². The molecule has 0 spiro atoms. The summed E-state index contributed by atoms with van der Waals surface area (Å²) < 4.78 is 12.9. The molecule has 5 nitrogen and oxygen atoms in total. The highest BCUT2D eigenvalue weighted by Crippen LogP contribution is 2.25. The minimum absolute atomic E-state index is 0.106. The number of halogens is 1. The summed E-state index contributed by atoms with van der Waals surface area (Å²) in [5, 5.41) is 6.49. The maximum absolute atomic E-state index is 12.9. The smallest absolute Gasteiger partial charge is 0.263 e. The SMILES string of the molecule is Cc1nc(Nc2ccc(F)cn2)sc1C(=O)N[C@H](C)c1ccccc1. The lowest BCUT2D eigenvalue weighted by Gasteiger charge is -2.13. The Labute approximate surface area is 149 Å². The van der Waals surface area contributed by atoms with E-state index in [0.29, 0.717) is 21.5 Å². The third kappa shape index (κ3) is 4.19. The van der Waals surface area contributed by atoms with Crippen molar-refractivity contribution < 1.29 is 9.18 Å². The van der Waals surface area contributed by atoms with Crippen molar-refractivity contribution in [2.75, 3.05) is 5.32 Å². The number of amides is 1. The van der Waals surface area contributed by atoms with Crippen LogP contribution in [-0.4, -0.2) is 15.9 Å². The molecule has 0 saturated heterocycles. The lowest BCUT2D eigenvalue weighted by molar-refractivity contribution is 0.0943. The molecule has 1 atom stereocenters. The Kier molecular flexibility index (Phi) is 5.04. The number of anilines is 2. The van der Waals surface area contributed by atoms with E-state index in [1.54, 1.807) is 6.92 Å². The number of nitrogens with one attached hydrogen (secondary N) is 2. The first-order valence-electron chi connectivity index (χ1n) is 7.75. The topological polar surface area (TPSA) is 66.9 Å². The first-order valence-corrected chi connectivity index (χ1v) is 8.56. The number of thiazole rings is 1. The van der Waals surface area contributed by atoms with Gasteiger partial charge >= 0.3 is 0 Å². The van der Waals surface area contributed by atoms with Gasteiger partial charge in [-0.15, -0.1) is 0 Å². The number of carbonyl (C=O) groups excluding carboxylic acids is 1. The van der Waals surface area contributed by atoms with E-state index >= 15 is 0 Å². The fraction of sp³-hybridized carbons (Fsp3) is 0.167. The number of pyridine rings is 1. The van der Waals surface area contributed by atoms with Crippen LogP contribution in [-0.2, 0) is 0 Å². The van der Waals surface area contributed by atoms with E-state index in [0.717, 1.165) is 11.8 Å². The first kappa shape index (κ1) is 17.0. The Hall–Kier alpha value is -2.80. The van der Waals surface area contributed by atoms with Gasteiger partial charge in [-0.25, -0.2) is 14.4 Å². The fourth-order valence-electron chi connectivity index (χ4n) is 2.31. The summed E-state index contributed by atoms with van der Waals surface area (Å²) in [5.74, 6) is -0.109. The summed E-state index contributed by atoms with van der Waals surface area (Å²) in [6.07, 6.45) is 1.12. The zero-order chi connectivity index (χ0) is 17.8. The van der Waals surface area contributed by atoms with E-state index < -0.39 is 5.82 Å². The molecule has 128 valence electrons. The number of benzene rings is 1. The van der Waals surface area contributed by atoms with Crippen LogP contribution in [0.25, 0.3) is 0 Å². The summed E-state index contributed by atoms with van der Waals surface area (Å²) in [7, 11) is 0. The molecule has 0 aliphatic carbocycles. The zero-order valence-corrected chi connectivity index (χ0v) is 14.6. The molecule has 1 amide bonds. The number of aromatic nitrogens is 2. The van der Waals surface area contributed by atoms with Crippen molar-refractivity contribution in [2.24, 2.45) is 0 Å². The van der Waals surface area contributed by atoms with Gasteiger partial charge in [0.2, 0.25) is 0 Å². The lowest BCUT2D eigenvalue weighted by atomic mass is 10.1. The number of hydrogen-bond acceptors (Lipinski definition) is 5. The molecule has 3 aromatic rings. The Balaban J connectivity index is 1.71. The summed E-state index contributed by atoms with van der Waals surface area (Å²) in [6.45, 7) is 3.72. The molecule has 25 heavy (non-hydrogen) atoms. The maximum Gasteiger partial charge on any atom is 0.263 e. The van der Waals surface area contributed by atoms with Gasteiger partial charge in [-0.2, -0.15) is 0 Å². The van der Waals surface area contributed by atoms with Gasteiger partial charge in [0.1, 0.15) is 16.5 Å². The van der Waals surface area contributed by atoms with E-state index in [9.17, 15) is 9.18 Å². The van der Waals surface area contributed by atoms with Crippen LogP contribution in [0.15, 0.2) is 48.7 Å². The van der Waals surface area contributed by atoms with Crippen LogP contribution in [0.4, 0.5) is 15.3 Å². The normalized spacial score (nSPS) is 11.8. The van der Waals surface area contributed by atoms with Crippen LogP contribution >= 0.6 is 11.3 Å². The molecule has 2 aromatic heterocycles. The number of hydrogen-bond donors (Lipinski definition) is 2. The van der Waals surface area contributed by atoms with E-state index in [-0.39, 0.29) is 11.9 Å². The molecule has 2 N–H and O–H groups in total. The van der Waals surface area contributed by atoms with E-state index in [4.69, 9.17) is 0 Å². The zero-order valence-electron chi connectivity index (χ0n) is 13.8. The van der Waals surface area contributed by atoms with Crippen molar-refractivity contribution in [1.29, 1.82) is 0 Å². The standard InChI is InChI=1S/C18H17FN4OS/c1-11(13-6-4-3-5-7-13)21-17(24)16-12(2)22-18(25-16)23-15-9-8-14(19)10-20-15/h3-11H,1-2H3,(H,21,24)(H,20,22,23)/t11-/m1/s1. The van der Waals surface area contributed by atoms with Gasteiger partial charge in [0.25, 0.3) is 5.91 Å². The van der Waals surface area contributed by atoms with Gasteiger partial charge in [-0.1, -0.05) is 41.7 Å². The van der Waals surface area contributed by atoms with Gasteiger partial charge in [0.15, 0.2) is 5.13 Å². The molecule has 0 aliphatic heterocycles. The number of nitrogens with zero attached hydrogens (tertiary/aromatic N) is 2. The first-order chi connectivity index (χ1) is 12.0. The highest BCUT2D eigenvalue weighted by atomic mass is 32.1. The van der Waals surface area contributed by atoms with E-state index in [2.05, 4.69) is 20.6 Å². The molecule has 0 radical (unpaired) electrons. The highest BCUT2D eigenvalue weighted by Gasteiger charge is 2.18. The van der Waals surface area contributed by atoms with E-state index in [1.165, 1.54) is 23.5 Å². The fourth-order valence-corrected chi connectivity index (χ4v) is 3.18. The van der Waals surface area contributed by atoms with Crippen LogP contribution in [0.3, 0.4) is 0 Å². The summed E-state index contributed by atoms with van der Waals surface area (Å²) in [4.78, 5) is 21.3. The summed E-state index contributed by atoms with van der Waals surface area (Å²) >= 11 is 1.24. The number of carbonyl (C=O) groups is 1. The van der Waals surface area contributed by atoms with Gasteiger partial charge in [-0.05, 0) is 31.5 Å². The summed E-state index contributed by atoms with van der Waals surface area (Å²) in [6, 6.07) is 12.5. The van der Waals surface area contributed by atoms with Crippen molar-refractivity contribution in [3.63, 3.8) is 0 Å². The molecule has 0 aliphatic rings. The molecule has 7 heteroatoms. The molecule has 2 heterocycles. The Morgan fingerprint density at radius 1 is 1.20 bits per heavy atom. The van der Waals surface area contributed by atoms with Crippen molar-refractivity contribution in [3.05, 3.63) is 70.6 Å². The predicted octanol–water partition coefficient (Wildman–Crippen LogP) is 4.22. The Bertz CT molecular complexity index is 865. The minimum atomic E-state index is -0.407. The van der Waals surface area contributed by atoms with Gasteiger partial charge in [0.05, 0.1) is 17.9 Å². The average Bonchev–Trinajstić information content (AvgIpc) is 2.98. The third-order valence-corrected chi connectivity index (χ3v) is 4.68. The number of aryl methyl sites for hydroxylation is 1. The van der Waals surface area contributed by atoms with Crippen LogP contribution in [0.2, 0.25) is 0 Å². The highest BCUT2D eigenvalue weighted by molar-refractivity contribution is 7.17. The molecule has 1 aromatic carbocycles. The molecule has 0 bridgehead atoms. The largest absolute Gasteiger partial charge is 0.345 e. The third-order valence-electron chi connectivity index (χ3n) is 3.61. The van der Waals surface area contributed by atoms with Crippen LogP contribution in [0.5, 0.6) is 0 Å². The van der Waals surface area contributed by atoms with Crippen molar-refractivity contribution in [2.45, 2.75) is 19.9 Å². The predicted molar refractivity (Wildman–Crippen MR) is 96.7 cm³/mol. The van der Waals surface area contributed by atoms with Crippen molar-refractivity contribution >= 4 is 28.2 Å². The molecular formula is C18H17FN4OS. The summed E-state index contributed by atoms with van der Waals surface area (Å²) in [5.41, 5.74) is 1.67. The van der Waals surface area contributed by atoms with E-state index in [1.807, 2.05) is 37.3 Å².